The van der Waals surface area contributed by atoms with Crippen molar-refractivity contribution in [3.8, 4) is 39.9 Å². The minimum Gasteiger partial charge on any atom is -0.493 e. The maximum atomic E-state index is 12.9. The quantitative estimate of drug-likeness (QED) is 0.612. The Bertz CT molecular complexity index is 1270. The van der Waals surface area contributed by atoms with E-state index < -0.39 is 0 Å². The first-order valence-electron chi connectivity index (χ1n) is 10.4. The lowest BCUT2D eigenvalue weighted by atomic mass is 9.89. The van der Waals surface area contributed by atoms with E-state index in [0.717, 1.165) is 40.6 Å². The van der Waals surface area contributed by atoms with Crippen LogP contribution in [-0.4, -0.2) is 46.2 Å². The second-order valence-corrected chi connectivity index (χ2v) is 7.85. The number of methoxy groups -OCH3 is 2. The van der Waals surface area contributed by atoms with Crippen LogP contribution in [-0.2, 0) is 11.3 Å². The van der Waals surface area contributed by atoms with E-state index in [1.807, 2.05) is 30.3 Å². The number of cyclic esters (lactones) is 1. The fourth-order valence-electron chi connectivity index (χ4n) is 4.41. The van der Waals surface area contributed by atoms with Gasteiger partial charge in [0.1, 0.15) is 18.5 Å². The average molecular weight is 435 g/mol. The van der Waals surface area contributed by atoms with Crippen LogP contribution in [0.5, 0.6) is 28.7 Å². The van der Waals surface area contributed by atoms with E-state index in [1.54, 1.807) is 14.2 Å². The Kier molecular flexibility index (Phi) is 4.29. The standard InChI is InChI=1S/C24H21NO7/c1-27-18-6-14-15(7-19(18)28-2)23(32-13-8-25-9-13)16-10-29-24(26)22(16)21(14)12-3-4-17-20(5-12)31-11-30-17/h3-7,13,25H,8-11H2,1-2H3. The number of benzene rings is 3. The largest absolute Gasteiger partial charge is 0.493 e. The number of rotatable bonds is 5. The molecule has 3 aromatic carbocycles. The van der Waals surface area contributed by atoms with Crippen molar-refractivity contribution in [3.05, 3.63) is 41.5 Å². The van der Waals surface area contributed by atoms with Crippen LogP contribution in [0.1, 0.15) is 15.9 Å². The van der Waals surface area contributed by atoms with Crippen molar-refractivity contribution in [2.24, 2.45) is 0 Å². The Morgan fingerprint density at radius 1 is 0.906 bits per heavy atom. The van der Waals surface area contributed by atoms with Crippen LogP contribution < -0.4 is 29.0 Å². The van der Waals surface area contributed by atoms with Crippen molar-refractivity contribution in [2.45, 2.75) is 12.7 Å². The van der Waals surface area contributed by atoms with Crippen LogP contribution in [0.25, 0.3) is 21.9 Å². The molecule has 0 amide bonds. The predicted molar refractivity (Wildman–Crippen MR) is 115 cm³/mol. The third-order valence-corrected chi connectivity index (χ3v) is 6.11. The van der Waals surface area contributed by atoms with E-state index in [9.17, 15) is 4.79 Å². The van der Waals surface area contributed by atoms with Gasteiger partial charge < -0.3 is 33.7 Å². The molecular weight excluding hydrogens is 414 g/mol. The normalized spacial score (nSPS) is 16.5. The summed E-state index contributed by atoms with van der Waals surface area (Å²) >= 11 is 0. The molecule has 0 aromatic heterocycles. The van der Waals surface area contributed by atoms with E-state index in [-0.39, 0.29) is 25.5 Å². The molecule has 0 aliphatic carbocycles. The van der Waals surface area contributed by atoms with E-state index in [2.05, 4.69) is 5.32 Å². The van der Waals surface area contributed by atoms with Crippen LogP contribution >= 0.6 is 0 Å². The summed E-state index contributed by atoms with van der Waals surface area (Å²) in [5.74, 6) is 2.73. The summed E-state index contributed by atoms with van der Waals surface area (Å²) in [5.41, 5.74) is 2.81. The lowest BCUT2D eigenvalue weighted by molar-refractivity contribution is 0.0533. The van der Waals surface area contributed by atoms with E-state index >= 15 is 0 Å². The zero-order valence-electron chi connectivity index (χ0n) is 17.7. The van der Waals surface area contributed by atoms with Gasteiger partial charge in [-0.05, 0) is 35.2 Å². The number of carbonyl (C=O) groups is 1. The Hall–Kier alpha value is -3.65. The lowest BCUT2D eigenvalue weighted by Gasteiger charge is -2.30. The number of esters is 1. The Morgan fingerprint density at radius 2 is 1.66 bits per heavy atom. The summed E-state index contributed by atoms with van der Waals surface area (Å²) in [6.07, 6.45) is 0.0301. The van der Waals surface area contributed by atoms with Crippen molar-refractivity contribution in [3.63, 3.8) is 0 Å². The van der Waals surface area contributed by atoms with Crippen LogP contribution in [0.3, 0.4) is 0 Å². The topological polar surface area (TPSA) is 84.5 Å². The minimum atomic E-state index is -0.374. The molecule has 0 spiro atoms. The summed E-state index contributed by atoms with van der Waals surface area (Å²) in [7, 11) is 3.18. The monoisotopic (exact) mass is 435 g/mol. The zero-order valence-corrected chi connectivity index (χ0v) is 17.7. The highest BCUT2D eigenvalue weighted by atomic mass is 16.7. The molecule has 1 saturated heterocycles. The van der Waals surface area contributed by atoms with Crippen LogP contribution in [0.2, 0.25) is 0 Å². The van der Waals surface area contributed by atoms with Gasteiger partial charge in [0.25, 0.3) is 0 Å². The van der Waals surface area contributed by atoms with Crippen LogP contribution in [0.15, 0.2) is 30.3 Å². The van der Waals surface area contributed by atoms with Gasteiger partial charge in [-0.1, -0.05) is 6.07 Å². The van der Waals surface area contributed by atoms with Gasteiger partial charge in [0.2, 0.25) is 6.79 Å². The lowest BCUT2D eigenvalue weighted by Crippen LogP contribution is -2.50. The molecule has 164 valence electrons. The first kappa shape index (κ1) is 19.1. The molecule has 3 aliphatic rings. The molecule has 3 aliphatic heterocycles. The highest BCUT2D eigenvalue weighted by Crippen LogP contribution is 2.49. The summed E-state index contributed by atoms with van der Waals surface area (Å²) in [6, 6.07) is 9.43. The highest BCUT2D eigenvalue weighted by molar-refractivity contribution is 6.14. The molecule has 3 aromatic rings. The molecule has 32 heavy (non-hydrogen) atoms. The number of hydrogen-bond donors (Lipinski definition) is 1. The first-order valence-corrected chi connectivity index (χ1v) is 10.4. The number of carbonyl (C=O) groups excluding carboxylic acids is 1. The average Bonchev–Trinajstić information content (AvgIpc) is 3.40. The molecule has 0 atom stereocenters. The Balaban J connectivity index is 1.68. The zero-order chi connectivity index (χ0) is 21.8. The van der Waals surface area contributed by atoms with Crippen LogP contribution in [0, 0.1) is 0 Å². The molecule has 0 unspecified atom stereocenters. The summed E-state index contributed by atoms with van der Waals surface area (Å²) in [4.78, 5) is 12.9. The third kappa shape index (κ3) is 2.76. The molecule has 0 radical (unpaired) electrons. The van der Waals surface area contributed by atoms with Crippen molar-refractivity contribution in [2.75, 3.05) is 34.1 Å². The smallest absolute Gasteiger partial charge is 0.339 e. The molecule has 1 fully saturated rings. The highest BCUT2D eigenvalue weighted by Gasteiger charge is 2.34. The number of hydrogen-bond acceptors (Lipinski definition) is 8. The van der Waals surface area contributed by atoms with E-state index in [1.165, 1.54) is 0 Å². The third-order valence-electron chi connectivity index (χ3n) is 6.11. The summed E-state index contributed by atoms with van der Waals surface area (Å²) in [6.45, 7) is 1.84. The van der Waals surface area contributed by atoms with Crippen molar-refractivity contribution >= 4 is 16.7 Å². The molecular formula is C24H21NO7. The second kappa shape index (κ2) is 7.20. The van der Waals surface area contributed by atoms with Crippen molar-refractivity contribution < 1.29 is 33.2 Å². The maximum absolute atomic E-state index is 12.9. The van der Waals surface area contributed by atoms with Gasteiger partial charge in [0, 0.05) is 29.6 Å². The second-order valence-electron chi connectivity index (χ2n) is 7.85. The summed E-state index contributed by atoms with van der Waals surface area (Å²) < 4.78 is 34.0. The maximum Gasteiger partial charge on any atom is 0.339 e. The SMILES string of the molecule is COc1cc2c(OC3CNC3)c3c(c(-c4ccc5c(c4)OCO5)c2cc1OC)C(=O)OC3. The Morgan fingerprint density at radius 3 is 2.38 bits per heavy atom. The molecule has 1 N–H and O–H groups in total. The minimum absolute atomic E-state index is 0.0301. The number of fused-ring (bicyclic) bond motifs is 3. The van der Waals surface area contributed by atoms with Gasteiger partial charge in [-0.3, -0.25) is 0 Å². The molecule has 8 nitrogen and oxygen atoms in total. The number of nitrogens with one attached hydrogen (secondary N) is 1. The molecule has 3 heterocycles. The molecule has 8 heteroatoms. The van der Waals surface area contributed by atoms with Gasteiger partial charge >= 0.3 is 5.97 Å². The Labute approximate surface area is 183 Å². The van der Waals surface area contributed by atoms with Gasteiger partial charge in [0.15, 0.2) is 23.0 Å². The summed E-state index contributed by atoms with van der Waals surface area (Å²) in [5, 5.41) is 4.85. The fourth-order valence-corrected chi connectivity index (χ4v) is 4.41. The van der Waals surface area contributed by atoms with Gasteiger partial charge in [-0.25, -0.2) is 4.79 Å². The molecule has 0 bridgehead atoms. The van der Waals surface area contributed by atoms with Crippen molar-refractivity contribution in [1.82, 2.24) is 5.32 Å². The van der Waals surface area contributed by atoms with Gasteiger partial charge in [0.05, 0.1) is 19.8 Å². The first-order chi connectivity index (χ1) is 15.7. The van der Waals surface area contributed by atoms with Gasteiger partial charge in [-0.2, -0.15) is 0 Å². The van der Waals surface area contributed by atoms with E-state index in [0.29, 0.717) is 34.3 Å². The van der Waals surface area contributed by atoms with Gasteiger partial charge in [-0.15, -0.1) is 0 Å². The predicted octanol–water partition coefficient (Wildman–Crippen LogP) is 3.27. The molecule has 0 saturated carbocycles. The molecule has 6 rings (SSSR count). The van der Waals surface area contributed by atoms with E-state index in [4.69, 9.17) is 28.4 Å². The van der Waals surface area contributed by atoms with Crippen LogP contribution in [0.4, 0.5) is 0 Å². The number of ether oxygens (including phenoxy) is 6. The van der Waals surface area contributed by atoms with Crippen molar-refractivity contribution in [1.29, 1.82) is 0 Å². The fraction of sp³-hybridized carbons (Fsp3) is 0.292.